The zero-order valence-corrected chi connectivity index (χ0v) is 8.32. The molecule has 1 heterocycles. The Morgan fingerprint density at radius 2 is 2.00 bits per heavy atom. The van der Waals surface area contributed by atoms with Crippen molar-refractivity contribution in [3.63, 3.8) is 0 Å². The first-order chi connectivity index (χ1) is 3.63. The van der Waals surface area contributed by atoms with E-state index in [2.05, 4.69) is 25.8 Å². The molecular formula is C6H16IN. The fourth-order valence-corrected chi connectivity index (χ4v) is 10.2. The molecule has 0 bridgehead atoms. The van der Waals surface area contributed by atoms with Crippen molar-refractivity contribution in [1.82, 2.24) is 0 Å². The van der Waals surface area contributed by atoms with Gasteiger partial charge in [-0.2, -0.15) is 0 Å². The summed E-state index contributed by atoms with van der Waals surface area (Å²) in [4.78, 5) is 2.53. The second kappa shape index (κ2) is 1.84. The van der Waals surface area contributed by atoms with Crippen molar-refractivity contribution in [1.29, 1.82) is 0 Å². The number of halogens is 1. The van der Waals surface area contributed by atoms with Crippen LogP contribution in [0.25, 0.3) is 0 Å². The zero-order chi connectivity index (χ0) is 6.36. The quantitative estimate of drug-likeness (QED) is 0.157. The molecule has 1 fully saturated rings. The second-order valence-corrected chi connectivity index (χ2v) is 13.8. The van der Waals surface area contributed by atoms with E-state index in [1.807, 2.05) is 3.11 Å². The Morgan fingerprint density at radius 3 is 2.00 bits per heavy atom. The maximum atomic E-state index is 2.53. The number of alkyl halides is 3. The third-order valence-electron chi connectivity index (χ3n) is 2.46. The van der Waals surface area contributed by atoms with Gasteiger partial charge in [0.15, 0.2) is 0 Å². The van der Waals surface area contributed by atoms with Crippen molar-refractivity contribution in [3.05, 3.63) is 0 Å². The van der Waals surface area contributed by atoms with Crippen molar-refractivity contribution in [2.24, 2.45) is 0 Å². The summed E-state index contributed by atoms with van der Waals surface area (Å²) in [6.45, 7) is 4.75. The van der Waals surface area contributed by atoms with Crippen molar-refractivity contribution >= 4 is 0 Å². The van der Waals surface area contributed by atoms with Gasteiger partial charge in [0.1, 0.15) is 0 Å². The van der Waals surface area contributed by atoms with Crippen molar-refractivity contribution in [2.75, 3.05) is 16.4 Å². The van der Waals surface area contributed by atoms with E-state index in [1.165, 1.54) is 4.43 Å². The molecule has 1 rings (SSSR count). The molecule has 0 amide bonds. The fourth-order valence-electron chi connectivity index (χ4n) is 1.11. The van der Waals surface area contributed by atoms with Crippen LogP contribution in [0.15, 0.2) is 0 Å². The number of hydrogen-bond acceptors (Lipinski definition) is 0. The summed E-state index contributed by atoms with van der Waals surface area (Å²) in [6.07, 6.45) is 0. The summed E-state index contributed by atoms with van der Waals surface area (Å²) in [5.41, 5.74) is 0. The third-order valence-corrected chi connectivity index (χ3v) is 14.8. The molecule has 2 heteroatoms. The summed E-state index contributed by atoms with van der Waals surface area (Å²) >= 11 is -1.06. The monoisotopic (exact) mass is 229 g/mol. The molecule has 0 radical (unpaired) electrons. The molecule has 1 saturated heterocycles. The van der Waals surface area contributed by atoms with Crippen LogP contribution in [0.4, 0.5) is 0 Å². The Morgan fingerprint density at radius 1 is 1.62 bits per heavy atom. The summed E-state index contributed by atoms with van der Waals surface area (Å²) in [7, 11) is 2.35. The zero-order valence-electron chi connectivity index (χ0n) is 6.16. The SMILES string of the molecule is CC[I-]1(C)C(C)[NH+]1C. The minimum absolute atomic E-state index is 1.06. The van der Waals surface area contributed by atoms with Crippen LogP contribution in [0.3, 0.4) is 0 Å². The molecule has 0 aromatic rings. The Hall–Kier alpha value is 0.690. The predicted octanol–water partition coefficient (Wildman–Crippen LogP) is -3.41. The molecule has 1 aliphatic heterocycles. The molecule has 3 atom stereocenters. The van der Waals surface area contributed by atoms with Crippen LogP contribution < -0.4 is 21.8 Å². The van der Waals surface area contributed by atoms with E-state index >= 15 is 0 Å². The Balaban J connectivity index is 2.50. The van der Waals surface area contributed by atoms with E-state index in [-0.39, 0.29) is 0 Å². The van der Waals surface area contributed by atoms with Crippen LogP contribution >= 0.6 is 0 Å². The molecule has 0 aromatic carbocycles. The fraction of sp³-hybridized carbons (Fsp3) is 1.00. The molecule has 1 N–H and O–H groups in total. The summed E-state index contributed by atoms with van der Waals surface area (Å²) in [6, 6.07) is 0. The van der Waals surface area contributed by atoms with Crippen LogP contribution in [0.5, 0.6) is 0 Å². The molecule has 3 unspecified atom stereocenters. The predicted molar refractivity (Wildman–Crippen MR) is 32.8 cm³/mol. The molecule has 0 saturated carbocycles. The van der Waals surface area contributed by atoms with Crippen LogP contribution in [0, 0.1) is 0 Å². The number of hydrogen-bond donors (Lipinski definition) is 1. The van der Waals surface area contributed by atoms with Gasteiger partial charge in [0.2, 0.25) is 0 Å². The van der Waals surface area contributed by atoms with Crippen LogP contribution in [-0.4, -0.2) is 20.5 Å². The van der Waals surface area contributed by atoms with Gasteiger partial charge in [0.05, 0.1) is 0 Å². The van der Waals surface area contributed by atoms with Crippen molar-refractivity contribution < 1.29 is 21.8 Å². The molecule has 0 aromatic heterocycles. The first kappa shape index (κ1) is 6.81. The van der Waals surface area contributed by atoms with E-state index in [4.69, 9.17) is 0 Å². The average molecular weight is 229 g/mol. The molecule has 1 nitrogen and oxygen atoms in total. The van der Waals surface area contributed by atoms with Gasteiger partial charge < -0.3 is 0 Å². The van der Waals surface area contributed by atoms with E-state index in [0.29, 0.717) is 0 Å². The Kier molecular flexibility index (Phi) is 1.56. The molecule has 52 valence electrons. The third kappa shape index (κ3) is 0.692. The van der Waals surface area contributed by atoms with Gasteiger partial charge in [-0.1, -0.05) is 0 Å². The molecular weight excluding hydrogens is 213 g/mol. The topological polar surface area (TPSA) is 4.44 Å². The summed E-state index contributed by atoms with van der Waals surface area (Å²) in [5, 5.41) is 0. The van der Waals surface area contributed by atoms with Gasteiger partial charge in [-0.3, -0.25) is 0 Å². The number of nitrogens with one attached hydrogen (secondary N) is 1. The van der Waals surface area contributed by atoms with Gasteiger partial charge in [0, 0.05) is 0 Å². The van der Waals surface area contributed by atoms with E-state index < -0.39 is 18.7 Å². The Bertz CT molecular complexity index is 94.7. The van der Waals surface area contributed by atoms with Gasteiger partial charge in [0.25, 0.3) is 0 Å². The summed E-state index contributed by atoms with van der Waals surface area (Å²) < 4.78 is 4.45. The van der Waals surface area contributed by atoms with Gasteiger partial charge in [-0.15, -0.1) is 0 Å². The standard InChI is InChI=1S/C6H16IN/c1-5-7(3)6(2)8(7)4/h6,8H,5H2,1-4H3. The van der Waals surface area contributed by atoms with Crippen molar-refractivity contribution in [3.8, 4) is 0 Å². The van der Waals surface area contributed by atoms with E-state index in [9.17, 15) is 0 Å². The average Bonchev–Trinajstić information content (AvgIpc) is 2.22. The first-order valence-corrected chi connectivity index (χ1v) is 9.13. The second-order valence-electron chi connectivity index (χ2n) is 2.54. The number of rotatable bonds is 1. The van der Waals surface area contributed by atoms with Gasteiger partial charge in [-0.05, 0) is 0 Å². The maximum absolute atomic E-state index is 2.53. The van der Waals surface area contributed by atoms with E-state index in [0.717, 1.165) is 4.05 Å². The van der Waals surface area contributed by atoms with Crippen LogP contribution in [0.2, 0.25) is 0 Å². The van der Waals surface area contributed by atoms with Crippen molar-refractivity contribution in [2.45, 2.75) is 17.9 Å². The van der Waals surface area contributed by atoms with Crippen LogP contribution in [-0.2, 0) is 0 Å². The molecule has 0 spiro atoms. The Labute approximate surface area is 56.3 Å². The molecule has 8 heavy (non-hydrogen) atoms. The molecule has 1 aliphatic rings. The normalized spacial score (nSPS) is 62.0. The minimum atomic E-state index is -1.06. The molecule has 0 aliphatic carbocycles. The number of quaternary nitrogens is 1. The summed E-state index contributed by atoms with van der Waals surface area (Å²) in [5.74, 6) is 0. The van der Waals surface area contributed by atoms with Gasteiger partial charge in [-0.25, -0.2) is 0 Å². The van der Waals surface area contributed by atoms with E-state index in [1.54, 1.807) is 0 Å². The first-order valence-electron chi connectivity index (χ1n) is 3.13. The van der Waals surface area contributed by atoms with Crippen LogP contribution in [0.1, 0.15) is 13.8 Å². The van der Waals surface area contributed by atoms with Gasteiger partial charge >= 0.3 is 56.1 Å².